The number of carbonyl (C=O) groups is 2. The second-order valence-corrected chi connectivity index (χ2v) is 6.23. The highest BCUT2D eigenvalue weighted by Crippen LogP contribution is 2.32. The van der Waals surface area contributed by atoms with E-state index in [1.807, 2.05) is 13.0 Å². The minimum Gasteiger partial charge on any atom is -0.356 e. The van der Waals surface area contributed by atoms with Gasteiger partial charge in [0.2, 0.25) is 5.91 Å². The molecule has 19 heavy (non-hydrogen) atoms. The smallest absolute Gasteiger partial charge is 0.263 e. The maximum absolute atomic E-state index is 11.9. The second kappa shape index (κ2) is 5.74. The van der Waals surface area contributed by atoms with Crippen molar-refractivity contribution in [3.63, 3.8) is 0 Å². The van der Waals surface area contributed by atoms with Crippen LogP contribution in [-0.2, 0) is 17.6 Å². The lowest BCUT2D eigenvalue weighted by atomic mass is 9.88. The average Bonchev–Trinajstić information content (AvgIpc) is 2.80. The van der Waals surface area contributed by atoms with Gasteiger partial charge in [-0.3, -0.25) is 9.59 Å². The van der Waals surface area contributed by atoms with Gasteiger partial charge in [-0.1, -0.05) is 0 Å². The van der Waals surface area contributed by atoms with Crippen LogP contribution >= 0.6 is 11.3 Å². The fourth-order valence-corrected chi connectivity index (χ4v) is 3.62. The monoisotopic (exact) mass is 280 g/mol. The molecule has 1 N–H and O–H groups in total. The first-order chi connectivity index (χ1) is 9.02. The Morgan fingerprint density at radius 2 is 2.21 bits per heavy atom. The van der Waals surface area contributed by atoms with E-state index in [9.17, 15) is 9.59 Å². The van der Waals surface area contributed by atoms with Gasteiger partial charge in [0.1, 0.15) is 0 Å². The number of nitrogens with one attached hydrogen (secondary N) is 1. The quantitative estimate of drug-likeness (QED) is 0.916. The molecule has 4 nitrogen and oxygen atoms in total. The number of hydrogen-bond donors (Lipinski definition) is 1. The van der Waals surface area contributed by atoms with Crippen molar-refractivity contribution in [1.29, 1.82) is 0 Å². The summed E-state index contributed by atoms with van der Waals surface area (Å²) in [5.74, 6) is 0.248. The summed E-state index contributed by atoms with van der Waals surface area (Å²) in [6.07, 6.45) is 2.55. The predicted octanol–water partition coefficient (Wildman–Crippen LogP) is 1.69. The molecular formula is C14H20N2O2S. The summed E-state index contributed by atoms with van der Waals surface area (Å²) in [7, 11) is 3.52. The van der Waals surface area contributed by atoms with Gasteiger partial charge in [-0.05, 0) is 37.8 Å². The SMILES string of the molecule is CCNC(=O)C1CCc2sc(C(=O)N(C)C)cc2C1. The molecule has 1 aromatic rings. The Kier molecular flexibility index (Phi) is 4.24. The third kappa shape index (κ3) is 2.97. The molecule has 0 aliphatic heterocycles. The van der Waals surface area contributed by atoms with Crippen LogP contribution in [0, 0.1) is 5.92 Å². The van der Waals surface area contributed by atoms with Crippen molar-refractivity contribution in [2.45, 2.75) is 26.2 Å². The summed E-state index contributed by atoms with van der Waals surface area (Å²) < 4.78 is 0. The zero-order valence-corrected chi connectivity index (χ0v) is 12.5. The van der Waals surface area contributed by atoms with Crippen LogP contribution in [-0.4, -0.2) is 37.4 Å². The van der Waals surface area contributed by atoms with Gasteiger partial charge in [0, 0.05) is 31.4 Å². The van der Waals surface area contributed by atoms with Crippen LogP contribution in [0.1, 0.15) is 33.5 Å². The minimum atomic E-state index is 0.0500. The van der Waals surface area contributed by atoms with Gasteiger partial charge in [-0.15, -0.1) is 11.3 Å². The van der Waals surface area contributed by atoms with Gasteiger partial charge >= 0.3 is 0 Å². The van der Waals surface area contributed by atoms with Gasteiger partial charge in [0.25, 0.3) is 5.91 Å². The summed E-state index contributed by atoms with van der Waals surface area (Å²) in [6, 6.07) is 1.97. The van der Waals surface area contributed by atoms with Gasteiger partial charge < -0.3 is 10.2 Å². The number of thiophene rings is 1. The summed E-state index contributed by atoms with van der Waals surface area (Å²) in [5, 5.41) is 2.88. The minimum absolute atomic E-state index is 0.0500. The molecule has 0 fully saturated rings. The van der Waals surface area contributed by atoms with Crippen molar-refractivity contribution in [1.82, 2.24) is 10.2 Å². The average molecular weight is 280 g/mol. The molecule has 1 aromatic heterocycles. The first-order valence-corrected chi connectivity index (χ1v) is 7.45. The van der Waals surface area contributed by atoms with E-state index in [2.05, 4.69) is 5.32 Å². The van der Waals surface area contributed by atoms with Crippen molar-refractivity contribution in [3.8, 4) is 0 Å². The first-order valence-electron chi connectivity index (χ1n) is 6.63. The fraction of sp³-hybridized carbons (Fsp3) is 0.571. The molecule has 0 saturated heterocycles. The zero-order valence-electron chi connectivity index (χ0n) is 11.7. The van der Waals surface area contributed by atoms with E-state index < -0.39 is 0 Å². The Bertz CT molecular complexity index is 494. The van der Waals surface area contributed by atoms with E-state index in [0.29, 0.717) is 6.54 Å². The molecular weight excluding hydrogens is 260 g/mol. The molecule has 0 radical (unpaired) electrons. The highest BCUT2D eigenvalue weighted by Gasteiger charge is 2.27. The second-order valence-electron chi connectivity index (χ2n) is 5.09. The molecule has 5 heteroatoms. The number of nitrogens with zero attached hydrogens (tertiary/aromatic N) is 1. The molecule has 1 unspecified atom stereocenters. The number of hydrogen-bond acceptors (Lipinski definition) is 3. The van der Waals surface area contributed by atoms with E-state index in [1.54, 1.807) is 30.3 Å². The maximum Gasteiger partial charge on any atom is 0.263 e. The molecule has 1 aliphatic carbocycles. The van der Waals surface area contributed by atoms with Crippen molar-refractivity contribution < 1.29 is 9.59 Å². The highest BCUT2D eigenvalue weighted by molar-refractivity contribution is 7.14. The lowest BCUT2D eigenvalue weighted by molar-refractivity contribution is -0.125. The topological polar surface area (TPSA) is 49.4 Å². The molecule has 0 saturated carbocycles. The number of carbonyl (C=O) groups excluding carboxylic acids is 2. The summed E-state index contributed by atoms with van der Waals surface area (Å²) in [4.78, 5) is 27.5. The van der Waals surface area contributed by atoms with Crippen LogP contribution in [0.2, 0.25) is 0 Å². The Hall–Kier alpha value is -1.36. The molecule has 104 valence electrons. The van der Waals surface area contributed by atoms with Gasteiger partial charge in [-0.25, -0.2) is 0 Å². The Labute approximate surface area is 117 Å². The van der Waals surface area contributed by atoms with Crippen molar-refractivity contribution in [2.24, 2.45) is 5.92 Å². The molecule has 2 amide bonds. The lowest BCUT2D eigenvalue weighted by Gasteiger charge is -2.20. The largest absolute Gasteiger partial charge is 0.356 e. The van der Waals surface area contributed by atoms with E-state index in [1.165, 1.54) is 10.4 Å². The van der Waals surface area contributed by atoms with E-state index >= 15 is 0 Å². The molecule has 2 rings (SSSR count). The van der Waals surface area contributed by atoms with Crippen molar-refractivity contribution in [3.05, 3.63) is 21.4 Å². The third-order valence-electron chi connectivity index (χ3n) is 3.42. The van der Waals surface area contributed by atoms with E-state index in [-0.39, 0.29) is 17.7 Å². The molecule has 1 atom stereocenters. The van der Waals surface area contributed by atoms with Gasteiger partial charge in [0.05, 0.1) is 4.88 Å². The number of aryl methyl sites for hydroxylation is 1. The molecule has 0 aromatic carbocycles. The van der Waals surface area contributed by atoms with E-state index in [0.717, 1.165) is 24.1 Å². The third-order valence-corrected chi connectivity index (χ3v) is 4.65. The Balaban J connectivity index is 2.13. The van der Waals surface area contributed by atoms with Gasteiger partial charge in [0.15, 0.2) is 0 Å². The summed E-state index contributed by atoms with van der Waals surface area (Å²) in [5.41, 5.74) is 1.18. The Morgan fingerprint density at radius 3 is 2.84 bits per heavy atom. The number of rotatable bonds is 3. The van der Waals surface area contributed by atoms with Crippen LogP contribution in [0.4, 0.5) is 0 Å². The van der Waals surface area contributed by atoms with Crippen molar-refractivity contribution in [2.75, 3.05) is 20.6 Å². The number of fused-ring (bicyclic) bond motifs is 1. The van der Waals surface area contributed by atoms with Crippen LogP contribution in [0.25, 0.3) is 0 Å². The van der Waals surface area contributed by atoms with E-state index in [4.69, 9.17) is 0 Å². The molecule has 1 aliphatic rings. The highest BCUT2D eigenvalue weighted by atomic mass is 32.1. The van der Waals surface area contributed by atoms with Crippen molar-refractivity contribution >= 4 is 23.2 Å². The molecule has 0 spiro atoms. The molecule has 1 heterocycles. The van der Waals surface area contributed by atoms with Gasteiger partial charge in [-0.2, -0.15) is 0 Å². The Morgan fingerprint density at radius 1 is 1.47 bits per heavy atom. The standard InChI is InChI=1S/C14H20N2O2S/c1-4-15-13(17)9-5-6-11-10(7-9)8-12(19-11)14(18)16(2)3/h8-9H,4-7H2,1-3H3,(H,15,17). The van der Waals surface area contributed by atoms with Crippen LogP contribution in [0.3, 0.4) is 0 Å². The normalized spacial score (nSPS) is 17.7. The van der Waals surface area contributed by atoms with Crippen LogP contribution < -0.4 is 5.32 Å². The summed E-state index contributed by atoms with van der Waals surface area (Å²) in [6.45, 7) is 2.61. The predicted molar refractivity (Wildman–Crippen MR) is 76.5 cm³/mol. The summed E-state index contributed by atoms with van der Waals surface area (Å²) >= 11 is 1.58. The zero-order chi connectivity index (χ0) is 14.0. The lowest BCUT2D eigenvalue weighted by Crippen LogP contribution is -2.33. The van der Waals surface area contributed by atoms with Crippen LogP contribution in [0.5, 0.6) is 0 Å². The molecule has 0 bridgehead atoms. The first kappa shape index (κ1) is 14.1. The van der Waals surface area contributed by atoms with Crippen LogP contribution in [0.15, 0.2) is 6.07 Å². The maximum atomic E-state index is 11.9. The number of amides is 2. The fourth-order valence-electron chi connectivity index (χ4n) is 2.39.